The third-order valence-corrected chi connectivity index (χ3v) is 4.32. The predicted octanol–water partition coefficient (Wildman–Crippen LogP) is 4.39. The molecule has 0 spiro atoms. The van der Waals surface area contributed by atoms with Crippen LogP contribution in [0.25, 0.3) is 0 Å². The summed E-state index contributed by atoms with van der Waals surface area (Å²) >= 11 is 5.92. The smallest absolute Gasteiger partial charge is 0.142 e. The predicted molar refractivity (Wildman–Crippen MR) is 82.1 cm³/mol. The van der Waals surface area contributed by atoms with Crippen molar-refractivity contribution in [2.75, 3.05) is 0 Å². The van der Waals surface area contributed by atoms with Gasteiger partial charge in [-0.2, -0.15) is 0 Å². The highest BCUT2D eigenvalue weighted by Gasteiger charge is 2.17. The first-order valence-corrected chi connectivity index (χ1v) is 7.47. The fourth-order valence-corrected chi connectivity index (χ4v) is 2.92. The van der Waals surface area contributed by atoms with E-state index in [0.717, 1.165) is 25.0 Å². The zero-order chi connectivity index (χ0) is 14.8. The van der Waals surface area contributed by atoms with Crippen LogP contribution in [0.5, 0.6) is 5.75 Å². The third kappa shape index (κ3) is 3.04. The molecule has 110 valence electrons. The van der Waals surface area contributed by atoms with Crippen molar-refractivity contribution in [1.29, 1.82) is 0 Å². The van der Waals surface area contributed by atoms with E-state index in [2.05, 4.69) is 0 Å². The number of hydrogen-bond donors (Lipinski definition) is 1. The van der Waals surface area contributed by atoms with Gasteiger partial charge >= 0.3 is 0 Å². The molecule has 0 fully saturated rings. The van der Waals surface area contributed by atoms with Gasteiger partial charge in [0.1, 0.15) is 18.2 Å². The van der Waals surface area contributed by atoms with Gasteiger partial charge in [0.15, 0.2) is 0 Å². The lowest BCUT2D eigenvalue weighted by molar-refractivity contribution is 0.305. The summed E-state index contributed by atoms with van der Waals surface area (Å²) < 4.78 is 19.1. The molecule has 2 N–H and O–H groups in total. The maximum atomic E-state index is 13.4. The first kappa shape index (κ1) is 14.4. The van der Waals surface area contributed by atoms with Gasteiger partial charge < -0.3 is 10.5 Å². The van der Waals surface area contributed by atoms with Crippen LogP contribution in [0.1, 0.15) is 35.6 Å². The van der Waals surface area contributed by atoms with Gasteiger partial charge in [-0.25, -0.2) is 4.39 Å². The van der Waals surface area contributed by atoms with E-state index in [1.54, 1.807) is 12.1 Å². The Hall–Kier alpha value is -1.58. The van der Waals surface area contributed by atoms with Gasteiger partial charge in [-0.1, -0.05) is 29.8 Å². The minimum absolute atomic E-state index is 0.123. The van der Waals surface area contributed by atoms with E-state index >= 15 is 0 Å². The molecule has 2 nitrogen and oxygen atoms in total. The molecule has 0 bridgehead atoms. The molecule has 1 aliphatic rings. The summed E-state index contributed by atoms with van der Waals surface area (Å²) in [5.41, 5.74) is 9.20. The first-order valence-electron chi connectivity index (χ1n) is 7.09. The largest absolute Gasteiger partial charge is 0.489 e. The fraction of sp³-hybridized carbons (Fsp3) is 0.294. The number of benzene rings is 2. The van der Waals surface area contributed by atoms with Crippen LogP contribution >= 0.6 is 11.6 Å². The summed E-state index contributed by atoms with van der Waals surface area (Å²) in [6, 6.07) is 10.8. The van der Waals surface area contributed by atoms with Crippen molar-refractivity contribution in [2.45, 2.75) is 31.9 Å². The summed E-state index contributed by atoms with van der Waals surface area (Å²) in [6.45, 7) is 0.251. The summed E-state index contributed by atoms with van der Waals surface area (Å²) in [5.74, 6) is 0.345. The summed E-state index contributed by atoms with van der Waals surface area (Å²) in [5, 5.41) is 0.123. The topological polar surface area (TPSA) is 35.2 Å². The molecule has 4 heteroatoms. The van der Waals surface area contributed by atoms with Crippen molar-refractivity contribution in [2.24, 2.45) is 5.73 Å². The molecule has 0 amide bonds. The van der Waals surface area contributed by atoms with E-state index in [9.17, 15) is 4.39 Å². The number of ether oxygens (including phenoxy) is 1. The van der Waals surface area contributed by atoms with Crippen LogP contribution in [0.2, 0.25) is 5.02 Å². The van der Waals surface area contributed by atoms with E-state index in [1.165, 1.54) is 17.2 Å². The number of hydrogen-bond acceptors (Lipinski definition) is 2. The molecule has 0 saturated heterocycles. The molecule has 0 aliphatic heterocycles. The van der Waals surface area contributed by atoms with E-state index in [-0.39, 0.29) is 17.7 Å². The van der Waals surface area contributed by atoms with Crippen LogP contribution in [0, 0.1) is 5.82 Å². The number of fused-ring (bicyclic) bond motifs is 1. The van der Waals surface area contributed by atoms with Crippen molar-refractivity contribution < 1.29 is 9.13 Å². The molecule has 2 aromatic rings. The zero-order valence-electron chi connectivity index (χ0n) is 11.6. The van der Waals surface area contributed by atoms with Crippen LogP contribution in [0.4, 0.5) is 4.39 Å². The second kappa shape index (κ2) is 6.04. The van der Waals surface area contributed by atoms with E-state index in [1.807, 2.05) is 18.2 Å². The van der Waals surface area contributed by atoms with Crippen molar-refractivity contribution in [3.63, 3.8) is 0 Å². The maximum Gasteiger partial charge on any atom is 0.142 e. The maximum absolute atomic E-state index is 13.4. The Balaban J connectivity index is 1.75. The van der Waals surface area contributed by atoms with E-state index in [4.69, 9.17) is 22.1 Å². The van der Waals surface area contributed by atoms with Crippen LogP contribution in [-0.2, 0) is 13.0 Å². The van der Waals surface area contributed by atoms with Crippen molar-refractivity contribution >= 4 is 11.6 Å². The van der Waals surface area contributed by atoms with Crippen LogP contribution in [-0.4, -0.2) is 0 Å². The molecular formula is C17H17ClFNO. The van der Waals surface area contributed by atoms with E-state index < -0.39 is 5.82 Å². The molecule has 1 aliphatic carbocycles. The number of aryl methyl sites for hydroxylation is 1. The molecular weight excluding hydrogens is 289 g/mol. The van der Waals surface area contributed by atoms with Crippen LogP contribution in [0.3, 0.4) is 0 Å². The van der Waals surface area contributed by atoms with Crippen LogP contribution < -0.4 is 10.5 Å². The molecule has 0 saturated carbocycles. The van der Waals surface area contributed by atoms with E-state index in [0.29, 0.717) is 5.56 Å². The van der Waals surface area contributed by atoms with Gasteiger partial charge in [-0.15, -0.1) is 0 Å². The van der Waals surface area contributed by atoms with Gasteiger partial charge in [-0.3, -0.25) is 0 Å². The average Bonchev–Trinajstić information content (AvgIpc) is 2.49. The molecule has 21 heavy (non-hydrogen) atoms. The summed E-state index contributed by atoms with van der Waals surface area (Å²) in [6.07, 6.45) is 3.17. The Bertz CT molecular complexity index is 659. The van der Waals surface area contributed by atoms with Crippen molar-refractivity contribution in [1.82, 2.24) is 0 Å². The Morgan fingerprint density at radius 3 is 3.00 bits per heavy atom. The normalized spacial score (nSPS) is 17.4. The highest BCUT2D eigenvalue weighted by atomic mass is 35.5. The standard InChI is InChI=1S/C17H17ClFNO/c18-17-12(4-1-5-15(17)19)10-21-13-7-8-14-11(9-13)3-2-6-16(14)20/h1,4-5,7-9,16H,2-3,6,10,20H2. The fourth-order valence-electron chi connectivity index (χ4n) is 2.74. The SMILES string of the molecule is NC1CCCc2cc(OCc3cccc(F)c3Cl)ccc21. The van der Waals surface area contributed by atoms with Crippen LogP contribution in [0.15, 0.2) is 36.4 Å². The Labute approximate surface area is 128 Å². The second-order valence-electron chi connectivity index (χ2n) is 5.36. The first-order chi connectivity index (χ1) is 10.1. The molecule has 3 rings (SSSR count). The average molecular weight is 306 g/mol. The second-order valence-corrected chi connectivity index (χ2v) is 5.74. The summed E-state index contributed by atoms with van der Waals surface area (Å²) in [4.78, 5) is 0. The highest BCUT2D eigenvalue weighted by molar-refractivity contribution is 6.31. The molecule has 0 heterocycles. The van der Waals surface area contributed by atoms with Gasteiger partial charge in [0, 0.05) is 11.6 Å². The lowest BCUT2D eigenvalue weighted by Gasteiger charge is -2.22. The van der Waals surface area contributed by atoms with Crippen molar-refractivity contribution in [3.8, 4) is 5.75 Å². The zero-order valence-corrected chi connectivity index (χ0v) is 12.4. The molecule has 2 aromatic carbocycles. The third-order valence-electron chi connectivity index (χ3n) is 3.90. The lowest BCUT2D eigenvalue weighted by atomic mass is 9.88. The van der Waals surface area contributed by atoms with Gasteiger partial charge in [0.25, 0.3) is 0 Å². The molecule has 1 atom stereocenters. The molecule has 0 aromatic heterocycles. The van der Waals surface area contributed by atoms with Gasteiger partial charge in [-0.05, 0) is 48.6 Å². The highest BCUT2D eigenvalue weighted by Crippen LogP contribution is 2.31. The quantitative estimate of drug-likeness (QED) is 0.912. The lowest BCUT2D eigenvalue weighted by Crippen LogP contribution is -2.17. The molecule has 0 radical (unpaired) electrons. The Morgan fingerprint density at radius 1 is 1.29 bits per heavy atom. The Morgan fingerprint density at radius 2 is 2.14 bits per heavy atom. The minimum Gasteiger partial charge on any atom is -0.489 e. The minimum atomic E-state index is -0.422. The molecule has 1 unspecified atom stereocenters. The monoisotopic (exact) mass is 305 g/mol. The van der Waals surface area contributed by atoms with Gasteiger partial charge in [0.05, 0.1) is 5.02 Å². The van der Waals surface area contributed by atoms with Gasteiger partial charge in [0.2, 0.25) is 0 Å². The Kier molecular flexibility index (Phi) is 4.13. The van der Waals surface area contributed by atoms with Crippen molar-refractivity contribution in [3.05, 3.63) is 63.9 Å². The summed E-state index contributed by atoms with van der Waals surface area (Å²) in [7, 11) is 0. The number of rotatable bonds is 3. The number of halogens is 2. The number of nitrogens with two attached hydrogens (primary N) is 1.